The summed E-state index contributed by atoms with van der Waals surface area (Å²) in [5, 5.41) is 17.2. The van der Waals surface area contributed by atoms with Gasteiger partial charge in [-0.2, -0.15) is 0 Å². The van der Waals surface area contributed by atoms with E-state index in [1.165, 1.54) is 6.07 Å². The van der Waals surface area contributed by atoms with Crippen LogP contribution >= 0.6 is 11.6 Å². The van der Waals surface area contributed by atoms with Crippen LogP contribution in [0.5, 0.6) is 11.5 Å². The summed E-state index contributed by atoms with van der Waals surface area (Å²) in [7, 11) is 0. The number of fused-ring (bicyclic) bond motifs is 1. The van der Waals surface area contributed by atoms with Gasteiger partial charge in [0.1, 0.15) is 18.9 Å². The van der Waals surface area contributed by atoms with Crippen LogP contribution in [-0.2, 0) is 11.2 Å². The molecule has 28 heavy (non-hydrogen) atoms. The second-order valence-corrected chi connectivity index (χ2v) is 6.56. The molecule has 0 bridgehead atoms. The molecule has 0 radical (unpaired) electrons. The van der Waals surface area contributed by atoms with E-state index in [4.69, 9.17) is 21.1 Å². The summed E-state index contributed by atoms with van der Waals surface area (Å²) in [6.07, 6.45) is 0.799. The number of hydrogen-bond donors (Lipinski definition) is 2. The van der Waals surface area contributed by atoms with Crippen LogP contribution in [0.4, 0.5) is 11.4 Å². The summed E-state index contributed by atoms with van der Waals surface area (Å²) in [4.78, 5) is 22.5. The van der Waals surface area contributed by atoms with Gasteiger partial charge in [-0.05, 0) is 30.2 Å². The Morgan fingerprint density at radius 3 is 2.79 bits per heavy atom. The number of hydrogen-bond acceptors (Lipinski definition) is 6. The Morgan fingerprint density at radius 1 is 1.18 bits per heavy atom. The zero-order chi connectivity index (χ0) is 19.9. The van der Waals surface area contributed by atoms with Crippen molar-refractivity contribution in [3.8, 4) is 11.5 Å². The summed E-state index contributed by atoms with van der Waals surface area (Å²) in [6, 6.07) is 10.00. The highest BCUT2D eigenvalue weighted by Crippen LogP contribution is 2.38. The van der Waals surface area contributed by atoms with Gasteiger partial charge in [0.2, 0.25) is 5.91 Å². The molecule has 9 heteroatoms. The Morgan fingerprint density at radius 2 is 1.96 bits per heavy atom. The number of carbonyl (C=O) groups is 1. The summed E-state index contributed by atoms with van der Waals surface area (Å²) >= 11 is 6.20. The Balaban J connectivity index is 1.43. The van der Waals surface area contributed by atoms with Gasteiger partial charge in [-0.3, -0.25) is 14.9 Å². The molecular formula is C19H20ClN3O5. The predicted octanol–water partition coefficient (Wildman–Crippen LogP) is 3.18. The first-order valence-corrected chi connectivity index (χ1v) is 9.24. The number of ether oxygens (including phenoxy) is 2. The van der Waals surface area contributed by atoms with Crippen molar-refractivity contribution in [2.24, 2.45) is 0 Å². The van der Waals surface area contributed by atoms with Gasteiger partial charge in [0, 0.05) is 25.6 Å². The van der Waals surface area contributed by atoms with Crippen LogP contribution in [0.15, 0.2) is 36.4 Å². The summed E-state index contributed by atoms with van der Waals surface area (Å²) < 4.78 is 11.0. The lowest BCUT2D eigenvalue weighted by Crippen LogP contribution is -2.27. The van der Waals surface area contributed by atoms with Gasteiger partial charge in [0.15, 0.2) is 11.5 Å². The van der Waals surface area contributed by atoms with Crippen molar-refractivity contribution >= 4 is 28.9 Å². The number of nitrogens with zero attached hydrogens (tertiary/aromatic N) is 1. The maximum Gasteiger partial charge on any atom is 0.292 e. The Labute approximate surface area is 166 Å². The zero-order valence-electron chi connectivity index (χ0n) is 15.1. The first kappa shape index (κ1) is 19.8. The molecule has 0 aromatic heterocycles. The Kier molecular flexibility index (Phi) is 6.54. The summed E-state index contributed by atoms with van der Waals surface area (Å²) in [5.41, 5.74) is 1.32. The lowest BCUT2D eigenvalue weighted by molar-refractivity contribution is -0.384. The minimum absolute atomic E-state index is 0.0154. The number of nitrogens with one attached hydrogen (secondary N) is 2. The van der Waals surface area contributed by atoms with Crippen molar-refractivity contribution in [1.82, 2.24) is 5.32 Å². The van der Waals surface area contributed by atoms with Crippen LogP contribution in [-0.4, -0.2) is 37.1 Å². The van der Waals surface area contributed by atoms with E-state index in [1.807, 2.05) is 6.07 Å². The Hall–Kier alpha value is -3.00. The monoisotopic (exact) mass is 405 g/mol. The second kappa shape index (κ2) is 9.27. The second-order valence-electron chi connectivity index (χ2n) is 6.15. The molecule has 2 aromatic carbocycles. The van der Waals surface area contributed by atoms with Crippen LogP contribution in [0, 0.1) is 10.1 Å². The maximum absolute atomic E-state index is 12.0. The van der Waals surface area contributed by atoms with E-state index in [9.17, 15) is 14.9 Å². The van der Waals surface area contributed by atoms with Crippen molar-refractivity contribution in [1.29, 1.82) is 0 Å². The van der Waals surface area contributed by atoms with E-state index in [-0.39, 0.29) is 18.0 Å². The molecule has 0 spiro atoms. The molecule has 148 valence electrons. The molecule has 0 saturated carbocycles. The van der Waals surface area contributed by atoms with Gasteiger partial charge in [0.25, 0.3) is 5.69 Å². The predicted molar refractivity (Wildman–Crippen MR) is 105 cm³/mol. The lowest BCUT2D eigenvalue weighted by Gasteiger charge is -2.20. The Bertz CT molecular complexity index is 875. The molecule has 0 unspecified atom stereocenters. The van der Waals surface area contributed by atoms with E-state index < -0.39 is 4.92 Å². The van der Waals surface area contributed by atoms with E-state index in [2.05, 4.69) is 10.6 Å². The molecule has 2 aromatic rings. The largest absolute Gasteiger partial charge is 0.486 e. The van der Waals surface area contributed by atoms with Crippen molar-refractivity contribution < 1.29 is 19.2 Å². The van der Waals surface area contributed by atoms with E-state index in [0.29, 0.717) is 54.9 Å². The van der Waals surface area contributed by atoms with Crippen LogP contribution in [0.3, 0.4) is 0 Å². The topological polar surface area (TPSA) is 103 Å². The zero-order valence-corrected chi connectivity index (χ0v) is 15.8. The normalized spacial score (nSPS) is 12.3. The third kappa shape index (κ3) is 5.04. The third-order valence-electron chi connectivity index (χ3n) is 4.16. The molecular weight excluding hydrogens is 386 g/mol. The van der Waals surface area contributed by atoms with Crippen molar-refractivity contribution in [3.05, 3.63) is 57.1 Å². The molecule has 1 aliphatic heterocycles. The number of benzene rings is 2. The number of carbonyl (C=O) groups excluding carboxylic acids is 1. The molecule has 1 amide bonds. The standard InChI is InChI=1S/C19H20ClN3O5/c20-14-11-13(12-17-19(14)28-10-9-27-17)5-7-22-18(24)6-8-21-15-3-1-2-4-16(15)23(25)26/h1-4,11-12,21H,5-10H2,(H,22,24). The number of para-hydroxylation sites is 2. The van der Waals surface area contributed by atoms with Gasteiger partial charge in [-0.25, -0.2) is 0 Å². The maximum atomic E-state index is 12.0. The third-order valence-corrected chi connectivity index (χ3v) is 4.44. The number of halogens is 1. The molecule has 2 N–H and O–H groups in total. The molecule has 0 saturated heterocycles. The minimum Gasteiger partial charge on any atom is -0.486 e. The fraction of sp³-hybridized carbons (Fsp3) is 0.316. The lowest BCUT2D eigenvalue weighted by atomic mass is 10.1. The van der Waals surface area contributed by atoms with Crippen molar-refractivity contribution in [3.63, 3.8) is 0 Å². The average molecular weight is 406 g/mol. The minimum atomic E-state index is -0.457. The van der Waals surface area contributed by atoms with Gasteiger partial charge in [-0.15, -0.1) is 0 Å². The van der Waals surface area contributed by atoms with Crippen LogP contribution in [0.2, 0.25) is 5.02 Å². The molecule has 0 fully saturated rings. The fourth-order valence-electron chi connectivity index (χ4n) is 2.84. The molecule has 0 aliphatic carbocycles. The summed E-state index contributed by atoms with van der Waals surface area (Å²) in [5.74, 6) is 1.03. The van der Waals surface area contributed by atoms with Gasteiger partial charge in [0.05, 0.1) is 9.95 Å². The summed E-state index contributed by atoms with van der Waals surface area (Å²) in [6.45, 7) is 1.70. The van der Waals surface area contributed by atoms with E-state index >= 15 is 0 Å². The number of nitro groups is 1. The van der Waals surface area contributed by atoms with Crippen LogP contribution in [0.1, 0.15) is 12.0 Å². The van der Waals surface area contributed by atoms with Gasteiger partial charge >= 0.3 is 0 Å². The number of nitro benzene ring substituents is 1. The molecule has 1 heterocycles. The number of amides is 1. The van der Waals surface area contributed by atoms with Gasteiger partial charge < -0.3 is 20.1 Å². The fourth-order valence-corrected chi connectivity index (χ4v) is 3.12. The highest BCUT2D eigenvalue weighted by molar-refractivity contribution is 6.32. The SMILES string of the molecule is O=C(CCNc1ccccc1[N+](=O)[O-])NCCc1cc(Cl)c2c(c1)OCCO2. The average Bonchev–Trinajstić information content (AvgIpc) is 2.68. The molecule has 1 aliphatic rings. The first-order valence-electron chi connectivity index (χ1n) is 8.86. The molecule has 8 nitrogen and oxygen atoms in total. The molecule has 0 atom stereocenters. The van der Waals surface area contributed by atoms with E-state index in [0.717, 1.165) is 5.56 Å². The highest BCUT2D eigenvalue weighted by Gasteiger charge is 2.16. The van der Waals surface area contributed by atoms with Crippen LogP contribution in [0.25, 0.3) is 0 Å². The number of anilines is 1. The number of rotatable bonds is 8. The van der Waals surface area contributed by atoms with Crippen LogP contribution < -0.4 is 20.1 Å². The molecule has 3 rings (SSSR count). The smallest absolute Gasteiger partial charge is 0.292 e. The van der Waals surface area contributed by atoms with Crippen molar-refractivity contribution in [2.45, 2.75) is 12.8 Å². The van der Waals surface area contributed by atoms with Crippen molar-refractivity contribution in [2.75, 3.05) is 31.6 Å². The quantitative estimate of drug-likeness (QED) is 0.516. The van der Waals surface area contributed by atoms with E-state index in [1.54, 1.807) is 24.3 Å². The van der Waals surface area contributed by atoms with Gasteiger partial charge in [-0.1, -0.05) is 23.7 Å². The highest BCUT2D eigenvalue weighted by atomic mass is 35.5. The first-order chi connectivity index (χ1) is 13.5.